The van der Waals surface area contributed by atoms with Gasteiger partial charge in [0.2, 0.25) is 0 Å². The molecule has 76 valence electrons. The molecule has 1 heterocycles. The number of thiazole rings is 1. The first-order chi connectivity index (χ1) is 7.17. The summed E-state index contributed by atoms with van der Waals surface area (Å²) in [5.74, 6) is 0.504. The predicted molar refractivity (Wildman–Crippen MR) is 60.0 cm³/mol. The van der Waals surface area contributed by atoms with Crippen LogP contribution >= 0.6 is 11.3 Å². The van der Waals surface area contributed by atoms with E-state index in [1.165, 1.54) is 18.4 Å². The van der Waals surface area contributed by atoms with Crippen molar-refractivity contribution in [3.05, 3.63) is 16.6 Å². The van der Waals surface area contributed by atoms with E-state index in [4.69, 9.17) is 15.7 Å². The van der Waals surface area contributed by atoms with Crippen molar-refractivity contribution in [2.45, 2.75) is 6.92 Å². The van der Waals surface area contributed by atoms with Gasteiger partial charge in [-0.1, -0.05) is 0 Å². The van der Waals surface area contributed by atoms with Crippen molar-refractivity contribution in [3.63, 3.8) is 0 Å². The number of aromatic nitrogens is 1. The molecule has 1 aromatic carbocycles. The molecule has 0 fully saturated rings. The third kappa shape index (κ3) is 1.39. The highest BCUT2D eigenvalue weighted by Gasteiger charge is 2.14. The molecule has 15 heavy (non-hydrogen) atoms. The Balaban J connectivity index is 2.90. The van der Waals surface area contributed by atoms with Crippen LogP contribution in [-0.2, 0) is 0 Å². The van der Waals surface area contributed by atoms with Gasteiger partial charge in [-0.3, -0.25) is 0 Å². The Labute approximate surface area is 90.9 Å². The standard InChI is InChI=1S/C10H9N3OS/c1-5-13-7-3-8(14-2)9(12)6(4-11)10(7)15-5/h3H,12H2,1-2H3. The van der Waals surface area contributed by atoms with Crippen LogP contribution in [0.25, 0.3) is 10.2 Å². The van der Waals surface area contributed by atoms with Gasteiger partial charge in [-0.05, 0) is 6.92 Å². The van der Waals surface area contributed by atoms with Crippen LogP contribution in [-0.4, -0.2) is 12.1 Å². The summed E-state index contributed by atoms with van der Waals surface area (Å²) in [4.78, 5) is 4.30. The van der Waals surface area contributed by atoms with Crippen LogP contribution in [0.2, 0.25) is 0 Å². The molecule has 1 aromatic heterocycles. The molecule has 2 aromatic rings. The SMILES string of the molecule is COc1cc2nc(C)sc2c(C#N)c1N. The summed E-state index contributed by atoms with van der Waals surface area (Å²) in [6.07, 6.45) is 0. The summed E-state index contributed by atoms with van der Waals surface area (Å²) >= 11 is 1.47. The first-order valence-electron chi connectivity index (χ1n) is 4.31. The topological polar surface area (TPSA) is 71.9 Å². The van der Waals surface area contributed by atoms with Gasteiger partial charge in [0.1, 0.15) is 11.8 Å². The summed E-state index contributed by atoms with van der Waals surface area (Å²) in [5.41, 5.74) is 7.41. The van der Waals surface area contributed by atoms with Gasteiger partial charge in [-0.15, -0.1) is 11.3 Å². The lowest BCUT2D eigenvalue weighted by Crippen LogP contribution is -1.95. The van der Waals surface area contributed by atoms with E-state index in [1.54, 1.807) is 6.07 Å². The summed E-state index contributed by atoms with van der Waals surface area (Å²) in [7, 11) is 1.53. The number of anilines is 1. The highest BCUT2D eigenvalue weighted by atomic mass is 32.1. The predicted octanol–water partition coefficient (Wildman–Crippen LogP) is 2.07. The van der Waals surface area contributed by atoms with Crippen LogP contribution in [0.5, 0.6) is 5.75 Å². The average Bonchev–Trinajstić information content (AvgIpc) is 2.57. The largest absolute Gasteiger partial charge is 0.494 e. The van der Waals surface area contributed by atoms with Gasteiger partial charge in [-0.25, -0.2) is 4.98 Å². The van der Waals surface area contributed by atoms with Crippen molar-refractivity contribution in [3.8, 4) is 11.8 Å². The van der Waals surface area contributed by atoms with Crippen LogP contribution in [0.3, 0.4) is 0 Å². The zero-order chi connectivity index (χ0) is 11.0. The van der Waals surface area contributed by atoms with Crippen molar-refractivity contribution < 1.29 is 4.74 Å². The molecule has 0 radical (unpaired) electrons. The molecule has 0 spiro atoms. The van der Waals surface area contributed by atoms with Gasteiger partial charge in [0.25, 0.3) is 0 Å². The number of hydrogen-bond acceptors (Lipinski definition) is 5. The Morgan fingerprint density at radius 3 is 2.93 bits per heavy atom. The number of hydrogen-bond donors (Lipinski definition) is 1. The number of ether oxygens (including phenoxy) is 1. The van der Waals surface area contributed by atoms with Crippen molar-refractivity contribution in [2.75, 3.05) is 12.8 Å². The molecule has 4 nitrogen and oxygen atoms in total. The number of nitrogens with two attached hydrogens (primary N) is 1. The lowest BCUT2D eigenvalue weighted by Gasteiger charge is -2.05. The molecule has 0 saturated heterocycles. The third-order valence-electron chi connectivity index (χ3n) is 2.12. The normalized spacial score (nSPS) is 10.2. The first kappa shape index (κ1) is 9.74. The van der Waals surface area contributed by atoms with E-state index in [2.05, 4.69) is 11.1 Å². The molecule has 0 amide bonds. The molecule has 0 bridgehead atoms. The van der Waals surface area contributed by atoms with E-state index in [9.17, 15) is 0 Å². The van der Waals surface area contributed by atoms with Crippen LogP contribution in [0.4, 0.5) is 5.69 Å². The molecule has 0 saturated carbocycles. The molecule has 0 aliphatic carbocycles. The van der Waals surface area contributed by atoms with Gasteiger partial charge >= 0.3 is 0 Å². The molecule has 0 aliphatic heterocycles. The third-order valence-corrected chi connectivity index (χ3v) is 3.13. The van der Waals surface area contributed by atoms with Crippen LogP contribution in [0, 0.1) is 18.3 Å². The second-order valence-electron chi connectivity index (χ2n) is 3.06. The maximum atomic E-state index is 9.04. The van der Waals surface area contributed by atoms with Gasteiger partial charge in [0.05, 0.1) is 33.6 Å². The fourth-order valence-corrected chi connectivity index (χ4v) is 2.35. The van der Waals surface area contributed by atoms with Crippen LogP contribution < -0.4 is 10.5 Å². The second-order valence-corrected chi connectivity index (χ2v) is 4.26. The maximum absolute atomic E-state index is 9.04. The molecular weight excluding hydrogens is 210 g/mol. The lowest BCUT2D eigenvalue weighted by atomic mass is 10.1. The summed E-state index contributed by atoms with van der Waals surface area (Å²) in [5, 5.41) is 9.95. The quantitative estimate of drug-likeness (QED) is 0.745. The van der Waals surface area contributed by atoms with Crippen molar-refractivity contribution in [2.24, 2.45) is 0 Å². The number of rotatable bonds is 1. The molecular formula is C10H9N3OS. The van der Waals surface area contributed by atoms with E-state index < -0.39 is 0 Å². The van der Waals surface area contributed by atoms with Gasteiger partial charge < -0.3 is 10.5 Å². The number of methoxy groups -OCH3 is 1. The van der Waals surface area contributed by atoms with Crippen molar-refractivity contribution in [1.29, 1.82) is 5.26 Å². The number of aryl methyl sites for hydroxylation is 1. The van der Waals surface area contributed by atoms with Gasteiger partial charge in [0, 0.05) is 6.07 Å². The molecule has 5 heteroatoms. The Hall–Kier alpha value is -1.80. The number of benzene rings is 1. The highest BCUT2D eigenvalue weighted by molar-refractivity contribution is 7.18. The summed E-state index contributed by atoms with van der Waals surface area (Å²) < 4.78 is 5.92. The molecule has 0 aliphatic rings. The Kier molecular flexibility index (Phi) is 2.21. The van der Waals surface area contributed by atoms with E-state index in [0.29, 0.717) is 17.0 Å². The minimum absolute atomic E-state index is 0.385. The van der Waals surface area contributed by atoms with E-state index in [-0.39, 0.29) is 0 Å². The van der Waals surface area contributed by atoms with Gasteiger partial charge in [-0.2, -0.15) is 5.26 Å². The summed E-state index contributed by atoms with van der Waals surface area (Å²) in [6.45, 7) is 1.90. The Morgan fingerprint density at radius 2 is 2.33 bits per heavy atom. The Bertz CT molecular complexity index is 568. The van der Waals surface area contributed by atoms with Crippen molar-refractivity contribution in [1.82, 2.24) is 4.98 Å². The number of nitrogen functional groups attached to an aromatic ring is 1. The second kappa shape index (κ2) is 3.41. The first-order valence-corrected chi connectivity index (χ1v) is 5.12. The molecule has 2 rings (SSSR count). The minimum atomic E-state index is 0.385. The smallest absolute Gasteiger partial charge is 0.145 e. The highest BCUT2D eigenvalue weighted by Crippen LogP contribution is 2.35. The van der Waals surface area contributed by atoms with Crippen molar-refractivity contribution >= 4 is 27.2 Å². The Morgan fingerprint density at radius 1 is 1.60 bits per heavy atom. The van der Waals surface area contributed by atoms with E-state index >= 15 is 0 Å². The average molecular weight is 219 g/mol. The zero-order valence-corrected chi connectivity index (χ0v) is 9.18. The zero-order valence-electron chi connectivity index (χ0n) is 8.37. The number of nitriles is 1. The molecule has 0 unspecified atom stereocenters. The number of nitrogens with zero attached hydrogens (tertiary/aromatic N) is 2. The number of fused-ring (bicyclic) bond motifs is 1. The summed E-state index contributed by atoms with van der Waals surface area (Å²) in [6, 6.07) is 3.85. The van der Waals surface area contributed by atoms with Gasteiger partial charge in [0.15, 0.2) is 0 Å². The molecule has 2 N–H and O–H groups in total. The minimum Gasteiger partial charge on any atom is -0.494 e. The van der Waals surface area contributed by atoms with Crippen LogP contribution in [0.1, 0.15) is 10.6 Å². The maximum Gasteiger partial charge on any atom is 0.145 e. The molecule has 0 atom stereocenters. The van der Waals surface area contributed by atoms with E-state index in [0.717, 1.165) is 15.2 Å². The fraction of sp³-hybridized carbons (Fsp3) is 0.200. The monoisotopic (exact) mass is 219 g/mol. The van der Waals surface area contributed by atoms with E-state index in [1.807, 2.05) is 6.92 Å². The lowest BCUT2D eigenvalue weighted by molar-refractivity contribution is 0.417. The van der Waals surface area contributed by atoms with Crippen LogP contribution in [0.15, 0.2) is 6.07 Å². The fourth-order valence-electron chi connectivity index (χ4n) is 1.45.